The second-order valence-electron chi connectivity index (χ2n) is 2.17. The number of ketones is 1. The number of carbonyl (C=O) groups excluding carboxylic acids is 2. The van der Waals surface area contributed by atoms with E-state index in [1.54, 1.807) is 30.6 Å². The van der Waals surface area contributed by atoms with E-state index in [9.17, 15) is 9.59 Å². The number of benzene rings is 1. The first-order chi connectivity index (χ1) is 5.66. The van der Waals surface area contributed by atoms with Gasteiger partial charge in [-0.05, 0) is 12.7 Å². The SMILES string of the molecule is O=[C-]c1ccccc1.[CH2-]C(C)=O.[Y+3]. The van der Waals surface area contributed by atoms with Gasteiger partial charge in [-0.15, -0.1) is 12.1 Å². The molecule has 0 aliphatic rings. The van der Waals surface area contributed by atoms with Crippen molar-refractivity contribution in [1.82, 2.24) is 0 Å². The van der Waals surface area contributed by atoms with Crippen molar-refractivity contribution in [3.8, 4) is 0 Å². The van der Waals surface area contributed by atoms with Crippen LogP contribution in [0.15, 0.2) is 30.3 Å². The summed E-state index contributed by atoms with van der Waals surface area (Å²) in [5.74, 6) is -0.0833. The molecule has 1 aromatic rings. The van der Waals surface area contributed by atoms with Gasteiger partial charge in [0.2, 0.25) is 0 Å². The number of hydrogen-bond donors (Lipinski definition) is 0. The Bertz CT molecular complexity index is 240. The number of rotatable bonds is 1. The summed E-state index contributed by atoms with van der Waals surface area (Å²) in [5.41, 5.74) is 0.604. The quantitative estimate of drug-likeness (QED) is 0.709. The Morgan fingerprint density at radius 3 is 1.92 bits per heavy atom. The van der Waals surface area contributed by atoms with Gasteiger partial charge in [0.25, 0.3) is 0 Å². The van der Waals surface area contributed by atoms with Crippen molar-refractivity contribution < 1.29 is 42.3 Å². The van der Waals surface area contributed by atoms with E-state index in [2.05, 4.69) is 6.92 Å². The summed E-state index contributed by atoms with van der Waals surface area (Å²) < 4.78 is 0. The van der Waals surface area contributed by atoms with Gasteiger partial charge in [0.15, 0.2) is 0 Å². The summed E-state index contributed by atoms with van der Waals surface area (Å²) in [5, 5.41) is 0. The average molecular weight is 251 g/mol. The van der Waals surface area contributed by atoms with E-state index in [0.717, 1.165) is 0 Å². The third-order valence-electron chi connectivity index (χ3n) is 0.892. The Morgan fingerprint density at radius 1 is 1.31 bits per heavy atom. The van der Waals surface area contributed by atoms with Crippen LogP contribution in [0.3, 0.4) is 0 Å². The zero-order valence-corrected chi connectivity index (χ0v) is 10.3. The van der Waals surface area contributed by atoms with Crippen molar-refractivity contribution in [3.05, 3.63) is 42.8 Å². The van der Waals surface area contributed by atoms with Crippen LogP contribution in [0.25, 0.3) is 0 Å². The molecular formula is C10H10O2Y+. The topological polar surface area (TPSA) is 34.1 Å². The van der Waals surface area contributed by atoms with E-state index in [1.807, 2.05) is 6.07 Å². The number of Topliss-reactive ketones (excluding diaryl/α,β-unsaturated/α-hetero) is 1. The zero-order chi connectivity index (χ0) is 9.40. The molecule has 2 nitrogen and oxygen atoms in total. The van der Waals surface area contributed by atoms with Crippen LogP contribution >= 0.6 is 0 Å². The molecule has 0 bridgehead atoms. The molecule has 1 rings (SSSR count). The third-order valence-corrected chi connectivity index (χ3v) is 0.892. The minimum Gasteiger partial charge on any atom is -0.376 e. The molecule has 0 saturated carbocycles. The molecule has 3 heteroatoms. The zero-order valence-electron chi connectivity index (χ0n) is 7.49. The van der Waals surface area contributed by atoms with Gasteiger partial charge in [-0.3, -0.25) is 0 Å². The van der Waals surface area contributed by atoms with Crippen molar-refractivity contribution in [2.75, 3.05) is 0 Å². The smallest absolute Gasteiger partial charge is 0.376 e. The predicted octanol–water partition coefficient (Wildman–Crippen LogP) is 1.55. The average Bonchev–Trinajstić information content (AvgIpc) is 2.05. The van der Waals surface area contributed by atoms with Crippen molar-refractivity contribution in [2.24, 2.45) is 0 Å². The summed E-state index contributed by atoms with van der Waals surface area (Å²) in [6.07, 6.45) is 1.78. The normalized spacial score (nSPS) is 7.15. The first kappa shape index (κ1) is 15.0. The van der Waals surface area contributed by atoms with Gasteiger partial charge in [-0.1, -0.05) is 6.07 Å². The van der Waals surface area contributed by atoms with Crippen molar-refractivity contribution in [2.45, 2.75) is 6.92 Å². The molecule has 0 N–H and O–H groups in total. The molecule has 0 radical (unpaired) electrons. The summed E-state index contributed by atoms with van der Waals surface area (Å²) in [6.45, 7) is 4.42. The fraction of sp³-hybridized carbons (Fsp3) is 0.100. The van der Waals surface area contributed by atoms with Crippen molar-refractivity contribution in [1.29, 1.82) is 0 Å². The Kier molecular flexibility index (Phi) is 11.1. The van der Waals surface area contributed by atoms with Gasteiger partial charge in [0.05, 0.1) is 6.29 Å². The molecule has 0 amide bonds. The molecule has 0 heterocycles. The Hall–Kier alpha value is -0.466. The molecular weight excluding hydrogens is 241 g/mol. The minimum atomic E-state index is -0.0833. The van der Waals surface area contributed by atoms with E-state index in [4.69, 9.17) is 0 Å². The molecule has 0 unspecified atom stereocenters. The van der Waals surface area contributed by atoms with E-state index in [1.165, 1.54) is 6.92 Å². The van der Waals surface area contributed by atoms with Gasteiger partial charge in [0.1, 0.15) is 0 Å². The van der Waals surface area contributed by atoms with E-state index < -0.39 is 0 Å². The van der Waals surface area contributed by atoms with Crippen LogP contribution in [0.5, 0.6) is 0 Å². The molecule has 1 aromatic carbocycles. The molecule has 0 aliphatic carbocycles. The van der Waals surface area contributed by atoms with Gasteiger partial charge in [0, 0.05) is 0 Å². The standard InChI is InChI=1S/C7H5O.C3H5O.Y/c8-6-7-4-2-1-3-5-7;1-3(2)4;/h1-5H;1H2,2H3;/q2*-1;+3. The maximum Gasteiger partial charge on any atom is 3.00 e. The molecule has 64 valence electrons. The van der Waals surface area contributed by atoms with Crippen LogP contribution in [-0.2, 0) is 42.3 Å². The third kappa shape index (κ3) is 11.5. The Balaban J connectivity index is 0. The molecule has 0 aromatic heterocycles. The van der Waals surface area contributed by atoms with Crippen LogP contribution in [-0.4, -0.2) is 12.1 Å². The molecule has 0 aliphatic heterocycles. The molecule has 0 fully saturated rings. The number of hydrogen-bond acceptors (Lipinski definition) is 2. The monoisotopic (exact) mass is 251 g/mol. The molecule has 0 atom stereocenters. The maximum atomic E-state index is 9.88. The summed E-state index contributed by atoms with van der Waals surface area (Å²) >= 11 is 0. The maximum absolute atomic E-state index is 9.88. The molecule has 0 spiro atoms. The minimum absolute atomic E-state index is 0. The fourth-order valence-electron chi connectivity index (χ4n) is 0.506. The van der Waals surface area contributed by atoms with Crippen LogP contribution in [0.2, 0.25) is 0 Å². The van der Waals surface area contributed by atoms with Gasteiger partial charge >= 0.3 is 32.7 Å². The fourth-order valence-corrected chi connectivity index (χ4v) is 0.506. The van der Waals surface area contributed by atoms with Crippen LogP contribution in [0, 0.1) is 6.92 Å². The number of carbonyl (C=O) groups is 1. The second kappa shape index (κ2) is 9.62. The Morgan fingerprint density at radius 2 is 1.69 bits per heavy atom. The van der Waals surface area contributed by atoms with Crippen molar-refractivity contribution >= 4 is 12.1 Å². The predicted molar refractivity (Wildman–Crippen MR) is 47.3 cm³/mol. The van der Waals surface area contributed by atoms with Crippen LogP contribution in [0.1, 0.15) is 12.5 Å². The van der Waals surface area contributed by atoms with Crippen LogP contribution in [0.4, 0.5) is 0 Å². The second-order valence-corrected chi connectivity index (χ2v) is 2.17. The Labute approximate surface area is 104 Å². The van der Waals surface area contributed by atoms with Gasteiger partial charge < -0.3 is 16.5 Å². The first-order valence-electron chi connectivity index (χ1n) is 3.42. The van der Waals surface area contributed by atoms with E-state index in [0.29, 0.717) is 5.56 Å². The van der Waals surface area contributed by atoms with E-state index in [-0.39, 0.29) is 38.5 Å². The summed E-state index contributed by atoms with van der Waals surface area (Å²) in [7, 11) is 0. The first-order valence-corrected chi connectivity index (χ1v) is 3.42. The van der Waals surface area contributed by atoms with Gasteiger partial charge in [-0.25, -0.2) is 0 Å². The largest absolute Gasteiger partial charge is 3.00 e. The van der Waals surface area contributed by atoms with E-state index >= 15 is 0 Å². The summed E-state index contributed by atoms with van der Waals surface area (Å²) in [4.78, 5) is 19.2. The molecule has 13 heavy (non-hydrogen) atoms. The van der Waals surface area contributed by atoms with Gasteiger partial charge in [-0.2, -0.15) is 17.7 Å². The van der Waals surface area contributed by atoms with Crippen LogP contribution < -0.4 is 0 Å². The summed E-state index contributed by atoms with van der Waals surface area (Å²) in [6, 6.07) is 8.90. The van der Waals surface area contributed by atoms with Crippen molar-refractivity contribution in [3.63, 3.8) is 0 Å². The molecule has 0 saturated heterocycles.